The number of fused-ring (bicyclic) bond motifs is 1. The third-order valence-corrected chi connectivity index (χ3v) is 7.17. The molecular weight excluding hydrogens is 288 g/mol. The van der Waals surface area contributed by atoms with Crippen LogP contribution in [0.5, 0.6) is 0 Å². The molecule has 0 unspecified atom stereocenters. The van der Waals surface area contributed by atoms with Crippen LogP contribution >= 0.6 is 0 Å². The lowest BCUT2D eigenvalue weighted by Gasteiger charge is -2.57. The van der Waals surface area contributed by atoms with E-state index in [0.29, 0.717) is 18.3 Å². The summed E-state index contributed by atoms with van der Waals surface area (Å²) in [6.07, 6.45) is 7.05. The summed E-state index contributed by atoms with van der Waals surface area (Å²) in [4.78, 5) is 23.1. The Labute approximate surface area is 140 Å². The zero-order chi connectivity index (χ0) is 17.4. The van der Waals surface area contributed by atoms with Crippen LogP contribution in [0, 0.1) is 28.6 Å². The monoisotopic (exact) mass is 320 g/mol. The van der Waals surface area contributed by atoms with Gasteiger partial charge in [-0.3, -0.25) is 9.59 Å². The molecule has 0 saturated heterocycles. The molecule has 0 amide bonds. The van der Waals surface area contributed by atoms with E-state index in [1.807, 2.05) is 13.0 Å². The van der Waals surface area contributed by atoms with Crippen LogP contribution in [-0.4, -0.2) is 16.9 Å². The smallest absolute Gasteiger partial charge is 0.303 e. The Hall–Kier alpha value is -1.12. The van der Waals surface area contributed by atoms with Crippen LogP contribution in [-0.2, 0) is 9.59 Å². The standard InChI is InChI=1S/C20H32O3/c1-13(10-18(22)23)6-8-19(4)14(2)7-9-20(5)15(3)11-16(21)12-17(19)20/h11,13-14,17H,6-10,12H2,1-5H3,(H,22,23)/t13-,14-,17+,19+,20+/m1/s1. The van der Waals surface area contributed by atoms with Gasteiger partial charge in [-0.05, 0) is 67.3 Å². The van der Waals surface area contributed by atoms with Crippen LogP contribution in [0.2, 0.25) is 0 Å². The number of carbonyl (C=O) groups is 2. The van der Waals surface area contributed by atoms with Crippen LogP contribution in [0.4, 0.5) is 0 Å². The van der Waals surface area contributed by atoms with Gasteiger partial charge >= 0.3 is 5.97 Å². The number of carbonyl (C=O) groups excluding carboxylic acids is 1. The highest BCUT2D eigenvalue weighted by Crippen LogP contribution is 2.61. The second-order valence-electron chi connectivity index (χ2n) is 8.66. The fourth-order valence-corrected chi connectivity index (χ4v) is 5.07. The van der Waals surface area contributed by atoms with Crippen LogP contribution in [0.25, 0.3) is 0 Å². The Morgan fingerprint density at radius 2 is 2.09 bits per heavy atom. The Morgan fingerprint density at radius 1 is 1.43 bits per heavy atom. The third-order valence-electron chi connectivity index (χ3n) is 7.17. The second-order valence-corrected chi connectivity index (χ2v) is 8.66. The van der Waals surface area contributed by atoms with Crippen molar-refractivity contribution < 1.29 is 14.7 Å². The largest absolute Gasteiger partial charge is 0.481 e. The van der Waals surface area contributed by atoms with Crippen molar-refractivity contribution in [3.8, 4) is 0 Å². The molecule has 130 valence electrons. The fraction of sp³-hybridized carbons (Fsp3) is 0.800. The first-order chi connectivity index (χ1) is 10.6. The quantitative estimate of drug-likeness (QED) is 0.787. The number of aliphatic carboxylic acids is 1. The molecule has 1 N–H and O–H groups in total. The van der Waals surface area contributed by atoms with Crippen molar-refractivity contribution >= 4 is 11.8 Å². The molecule has 0 aromatic carbocycles. The highest BCUT2D eigenvalue weighted by Gasteiger charge is 2.54. The van der Waals surface area contributed by atoms with Crippen molar-refractivity contribution in [3.63, 3.8) is 0 Å². The van der Waals surface area contributed by atoms with Gasteiger partial charge in [0.15, 0.2) is 5.78 Å². The predicted molar refractivity (Wildman–Crippen MR) is 92.1 cm³/mol. The van der Waals surface area contributed by atoms with E-state index in [1.54, 1.807) is 0 Å². The predicted octanol–water partition coefficient (Wildman–Crippen LogP) is 4.86. The van der Waals surface area contributed by atoms with E-state index in [2.05, 4.69) is 27.7 Å². The van der Waals surface area contributed by atoms with Crippen molar-refractivity contribution in [3.05, 3.63) is 11.6 Å². The normalized spacial score (nSPS) is 38.7. The molecule has 0 radical (unpaired) electrons. The number of allylic oxidation sites excluding steroid dienone is 2. The lowest BCUT2D eigenvalue weighted by molar-refractivity contribution is -0.138. The molecule has 23 heavy (non-hydrogen) atoms. The number of hydrogen-bond acceptors (Lipinski definition) is 2. The molecule has 0 aromatic rings. The summed E-state index contributed by atoms with van der Waals surface area (Å²) in [5, 5.41) is 8.98. The van der Waals surface area contributed by atoms with Crippen LogP contribution < -0.4 is 0 Å². The summed E-state index contributed by atoms with van der Waals surface area (Å²) in [5.74, 6) is 0.713. The van der Waals surface area contributed by atoms with E-state index in [-0.39, 0.29) is 29.0 Å². The van der Waals surface area contributed by atoms with Gasteiger partial charge in [0.05, 0.1) is 0 Å². The van der Waals surface area contributed by atoms with Crippen molar-refractivity contribution in [2.75, 3.05) is 0 Å². The maximum atomic E-state index is 12.2. The van der Waals surface area contributed by atoms with Gasteiger partial charge in [0.25, 0.3) is 0 Å². The van der Waals surface area contributed by atoms with Crippen LogP contribution in [0.15, 0.2) is 11.6 Å². The summed E-state index contributed by atoms with van der Waals surface area (Å²) in [7, 11) is 0. The summed E-state index contributed by atoms with van der Waals surface area (Å²) in [6, 6.07) is 0. The maximum absolute atomic E-state index is 12.2. The Morgan fingerprint density at radius 3 is 2.70 bits per heavy atom. The number of hydrogen-bond donors (Lipinski definition) is 1. The molecule has 0 spiro atoms. The van der Waals surface area contributed by atoms with Crippen LogP contribution in [0.3, 0.4) is 0 Å². The first-order valence-corrected chi connectivity index (χ1v) is 9.03. The Kier molecular flexibility index (Phi) is 5.08. The molecule has 0 aromatic heterocycles. The minimum Gasteiger partial charge on any atom is -0.481 e. The maximum Gasteiger partial charge on any atom is 0.303 e. The molecular formula is C20H32O3. The van der Waals surface area contributed by atoms with Crippen LogP contribution in [0.1, 0.15) is 73.1 Å². The lowest BCUT2D eigenvalue weighted by atomic mass is 9.46. The Balaban J connectivity index is 2.22. The molecule has 0 aliphatic heterocycles. The molecule has 1 saturated carbocycles. The molecule has 2 rings (SSSR count). The molecule has 1 fully saturated rings. The minimum absolute atomic E-state index is 0.116. The summed E-state index contributed by atoms with van der Waals surface area (Å²) in [5.41, 5.74) is 1.49. The van der Waals surface area contributed by atoms with E-state index in [9.17, 15) is 9.59 Å². The van der Waals surface area contributed by atoms with Gasteiger partial charge in [-0.2, -0.15) is 0 Å². The topological polar surface area (TPSA) is 54.4 Å². The third kappa shape index (κ3) is 3.39. The molecule has 3 heteroatoms. The zero-order valence-corrected chi connectivity index (χ0v) is 15.3. The fourth-order valence-electron chi connectivity index (χ4n) is 5.07. The number of carboxylic acid groups (broad SMARTS) is 1. The first-order valence-electron chi connectivity index (χ1n) is 9.03. The van der Waals surface area contributed by atoms with E-state index in [0.717, 1.165) is 19.3 Å². The minimum atomic E-state index is -0.712. The number of carboxylic acids is 1. The van der Waals surface area contributed by atoms with Gasteiger partial charge in [0, 0.05) is 12.8 Å². The first kappa shape index (κ1) is 18.2. The number of rotatable bonds is 5. The molecule has 0 heterocycles. The summed E-state index contributed by atoms with van der Waals surface area (Å²) < 4.78 is 0. The summed E-state index contributed by atoms with van der Waals surface area (Å²) >= 11 is 0. The molecule has 0 bridgehead atoms. The lowest BCUT2D eigenvalue weighted by Crippen LogP contribution is -2.51. The zero-order valence-electron chi connectivity index (χ0n) is 15.3. The Bertz CT molecular complexity index is 521. The van der Waals surface area contributed by atoms with Gasteiger partial charge in [0.2, 0.25) is 0 Å². The van der Waals surface area contributed by atoms with E-state index >= 15 is 0 Å². The van der Waals surface area contributed by atoms with Crippen molar-refractivity contribution in [2.45, 2.75) is 73.1 Å². The molecule has 2 aliphatic rings. The van der Waals surface area contributed by atoms with Crippen molar-refractivity contribution in [1.29, 1.82) is 0 Å². The van der Waals surface area contributed by atoms with E-state index < -0.39 is 5.97 Å². The van der Waals surface area contributed by atoms with Crippen molar-refractivity contribution in [1.82, 2.24) is 0 Å². The van der Waals surface area contributed by atoms with Gasteiger partial charge < -0.3 is 5.11 Å². The highest BCUT2D eigenvalue weighted by atomic mass is 16.4. The van der Waals surface area contributed by atoms with Gasteiger partial charge in [-0.15, -0.1) is 0 Å². The van der Waals surface area contributed by atoms with E-state index in [4.69, 9.17) is 5.11 Å². The molecule has 3 nitrogen and oxygen atoms in total. The average molecular weight is 320 g/mol. The van der Waals surface area contributed by atoms with E-state index in [1.165, 1.54) is 12.0 Å². The molecule has 5 atom stereocenters. The van der Waals surface area contributed by atoms with Gasteiger partial charge in [-0.1, -0.05) is 33.3 Å². The van der Waals surface area contributed by atoms with Gasteiger partial charge in [0.1, 0.15) is 0 Å². The average Bonchev–Trinajstić information content (AvgIpc) is 2.44. The molecule has 2 aliphatic carbocycles. The summed E-state index contributed by atoms with van der Waals surface area (Å²) in [6.45, 7) is 11.1. The number of ketones is 1. The van der Waals surface area contributed by atoms with Gasteiger partial charge in [-0.25, -0.2) is 0 Å². The SMILES string of the molecule is CC1=CC(=O)C[C@H]2[C@@](C)(CC[C@@H](C)CC(=O)O)[C@H](C)CC[C@@]12C. The highest BCUT2D eigenvalue weighted by molar-refractivity contribution is 5.92. The van der Waals surface area contributed by atoms with Crippen molar-refractivity contribution in [2.24, 2.45) is 28.6 Å². The second kappa shape index (κ2) is 6.41.